The Balaban J connectivity index is 2.86. The number of allylic oxidation sites excluding steroid dienone is 6. The monoisotopic (exact) mass is 161 g/mol. The van der Waals surface area contributed by atoms with E-state index in [9.17, 15) is 0 Å². The Bertz CT molecular complexity index is 297. The first-order chi connectivity index (χ1) is 5.74. The Labute approximate surface area is 71.1 Å². The Hall–Kier alpha value is -1.31. The molecule has 0 radical (unpaired) electrons. The smallest absolute Gasteiger partial charge is 0.423 e. The molecule has 1 rings (SSSR count). The molecule has 0 aromatic carbocycles. The summed E-state index contributed by atoms with van der Waals surface area (Å²) in [6, 6.07) is 1.97. The lowest BCUT2D eigenvalue weighted by Gasteiger charge is -1.98. The number of nitrogens with zero attached hydrogens (tertiary/aromatic N) is 1. The summed E-state index contributed by atoms with van der Waals surface area (Å²) in [6.07, 6.45) is 6.99. The van der Waals surface area contributed by atoms with Crippen LogP contribution in [0.15, 0.2) is 35.3 Å². The van der Waals surface area contributed by atoms with Crippen molar-refractivity contribution in [1.82, 2.24) is 0 Å². The second-order valence-electron chi connectivity index (χ2n) is 2.46. The first-order valence-electron chi connectivity index (χ1n) is 3.57. The molecule has 0 heterocycles. The van der Waals surface area contributed by atoms with Crippen LogP contribution in [0.2, 0.25) is 0 Å². The molecule has 4 heteroatoms. The maximum Gasteiger partial charge on any atom is 0.484 e. The molecule has 0 atom stereocenters. The predicted molar refractivity (Wildman–Crippen MR) is 45.7 cm³/mol. The van der Waals surface area contributed by atoms with Crippen molar-refractivity contribution in [2.45, 2.75) is 6.42 Å². The van der Waals surface area contributed by atoms with Crippen LogP contribution in [-0.4, -0.2) is 17.2 Å². The summed E-state index contributed by atoms with van der Waals surface area (Å²) in [6.45, 7) is 0. The van der Waals surface area contributed by atoms with Crippen LogP contribution in [0.5, 0.6) is 0 Å². The van der Waals surface area contributed by atoms with Crippen LogP contribution < -0.4 is 0 Å². The highest BCUT2D eigenvalue weighted by atomic mass is 16.4. The standard InChI is InChI=1S/C8H8BNO2/c10-6-7-2-1-3-8(5-4-7)9(11)12/h1-2,4-5,11-12H,3H2. The fourth-order valence-corrected chi connectivity index (χ4v) is 0.908. The summed E-state index contributed by atoms with van der Waals surface area (Å²) in [7, 11) is -1.43. The molecule has 60 valence electrons. The molecule has 0 aromatic heterocycles. The van der Waals surface area contributed by atoms with Gasteiger partial charge in [-0.3, -0.25) is 0 Å². The Morgan fingerprint density at radius 1 is 1.42 bits per heavy atom. The number of hydrogen-bond donors (Lipinski definition) is 2. The molecule has 12 heavy (non-hydrogen) atoms. The Kier molecular flexibility index (Phi) is 2.86. The Morgan fingerprint density at radius 3 is 2.75 bits per heavy atom. The molecule has 0 saturated carbocycles. The third-order valence-corrected chi connectivity index (χ3v) is 1.59. The second kappa shape index (κ2) is 3.91. The van der Waals surface area contributed by atoms with Crippen LogP contribution >= 0.6 is 0 Å². The van der Waals surface area contributed by atoms with Crippen molar-refractivity contribution in [2.75, 3.05) is 0 Å². The van der Waals surface area contributed by atoms with Gasteiger partial charge in [0.1, 0.15) is 0 Å². The van der Waals surface area contributed by atoms with Gasteiger partial charge in [-0.1, -0.05) is 12.2 Å². The van der Waals surface area contributed by atoms with E-state index in [-0.39, 0.29) is 0 Å². The molecule has 0 unspecified atom stereocenters. The molecule has 0 saturated heterocycles. The van der Waals surface area contributed by atoms with Crippen LogP contribution in [0.4, 0.5) is 0 Å². The lowest BCUT2D eigenvalue weighted by molar-refractivity contribution is 0.418. The highest BCUT2D eigenvalue weighted by Gasteiger charge is 2.13. The van der Waals surface area contributed by atoms with E-state index in [0.717, 1.165) is 0 Å². The van der Waals surface area contributed by atoms with Crippen molar-refractivity contribution in [1.29, 1.82) is 5.26 Å². The fourth-order valence-electron chi connectivity index (χ4n) is 0.908. The van der Waals surface area contributed by atoms with E-state index >= 15 is 0 Å². The number of rotatable bonds is 1. The molecule has 0 aromatic rings. The molecule has 0 fully saturated rings. The van der Waals surface area contributed by atoms with E-state index in [0.29, 0.717) is 17.5 Å². The maximum atomic E-state index is 8.80. The van der Waals surface area contributed by atoms with Gasteiger partial charge < -0.3 is 10.0 Å². The maximum absolute atomic E-state index is 8.80. The van der Waals surface area contributed by atoms with Crippen LogP contribution in [-0.2, 0) is 0 Å². The van der Waals surface area contributed by atoms with Crippen molar-refractivity contribution in [3.05, 3.63) is 35.3 Å². The van der Waals surface area contributed by atoms with Gasteiger partial charge in [-0.25, -0.2) is 0 Å². The van der Waals surface area contributed by atoms with Crippen molar-refractivity contribution >= 4 is 7.12 Å². The first-order valence-corrected chi connectivity index (χ1v) is 3.57. The van der Waals surface area contributed by atoms with Gasteiger partial charge in [0.15, 0.2) is 0 Å². The predicted octanol–water partition coefficient (Wildman–Crippen LogP) is 0.335. The van der Waals surface area contributed by atoms with E-state index in [2.05, 4.69) is 0 Å². The van der Waals surface area contributed by atoms with Crippen molar-refractivity contribution in [3.8, 4) is 6.07 Å². The van der Waals surface area contributed by atoms with Gasteiger partial charge in [0, 0.05) is 0 Å². The molecular weight excluding hydrogens is 153 g/mol. The van der Waals surface area contributed by atoms with Gasteiger partial charge in [0.2, 0.25) is 0 Å². The minimum Gasteiger partial charge on any atom is -0.423 e. The quantitative estimate of drug-likeness (QED) is 0.544. The Morgan fingerprint density at radius 2 is 2.17 bits per heavy atom. The molecule has 0 aliphatic heterocycles. The van der Waals surface area contributed by atoms with Crippen LogP contribution in [0.1, 0.15) is 6.42 Å². The molecule has 3 nitrogen and oxygen atoms in total. The molecular formula is C8H8BNO2. The molecule has 0 spiro atoms. The minimum absolute atomic E-state index is 0.472. The third-order valence-electron chi connectivity index (χ3n) is 1.59. The van der Waals surface area contributed by atoms with Gasteiger partial charge >= 0.3 is 7.12 Å². The molecule has 0 bridgehead atoms. The molecule has 1 aliphatic carbocycles. The largest absolute Gasteiger partial charge is 0.484 e. The van der Waals surface area contributed by atoms with E-state index in [1.54, 1.807) is 24.3 Å². The van der Waals surface area contributed by atoms with Gasteiger partial charge in [-0.15, -0.1) is 0 Å². The molecule has 0 amide bonds. The summed E-state index contributed by atoms with van der Waals surface area (Å²) in [4.78, 5) is 0. The van der Waals surface area contributed by atoms with Gasteiger partial charge in [0.25, 0.3) is 0 Å². The van der Waals surface area contributed by atoms with Crippen LogP contribution in [0, 0.1) is 11.3 Å². The van der Waals surface area contributed by atoms with Gasteiger partial charge in [-0.2, -0.15) is 5.26 Å². The third kappa shape index (κ3) is 2.09. The fraction of sp³-hybridized carbons (Fsp3) is 0.125. The molecule has 2 N–H and O–H groups in total. The highest BCUT2D eigenvalue weighted by molar-refractivity contribution is 6.50. The van der Waals surface area contributed by atoms with Crippen LogP contribution in [0.3, 0.4) is 0 Å². The summed E-state index contributed by atoms with van der Waals surface area (Å²) < 4.78 is 0. The first kappa shape index (κ1) is 8.79. The minimum atomic E-state index is -1.43. The summed E-state index contributed by atoms with van der Waals surface area (Å²) in [5, 5.41) is 26.1. The van der Waals surface area contributed by atoms with Crippen molar-refractivity contribution in [2.24, 2.45) is 0 Å². The zero-order valence-electron chi connectivity index (χ0n) is 6.44. The van der Waals surface area contributed by atoms with Crippen molar-refractivity contribution in [3.63, 3.8) is 0 Å². The van der Waals surface area contributed by atoms with Crippen LogP contribution in [0.25, 0.3) is 0 Å². The summed E-state index contributed by atoms with van der Waals surface area (Å²) in [5.41, 5.74) is 1.02. The van der Waals surface area contributed by atoms with Gasteiger partial charge in [0.05, 0.1) is 11.6 Å². The van der Waals surface area contributed by atoms with E-state index in [1.807, 2.05) is 6.07 Å². The second-order valence-corrected chi connectivity index (χ2v) is 2.46. The lowest BCUT2D eigenvalue weighted by Crippen LogP contribution is -2.14. The average Bonchev–Trinajstić information content (AvgIpc) is 2.28. The number of nitriles is 1. The van der Waals surface area contributed by atoms with E-state index < -0.39 is 7.12 Å². The SMILES string of the molecule is N#CC1=CC=C(B(O)O)CC=C1. The topological polar surface area (TPSA) is 64.2 Å². The van der Waals surface area contributed by atoms with E-state index in [4.69, 9.17) is 15.3 Å². The highest BCUT2D eigenvalue weighted by Crippen LogP contribution is 2.11. The summed E-state index contributed by atoms with van der Waals surface area (Å²) in [5.74, 6) is 0. The average molecular weight is 161 g/mol. The van der Waals surface area contributed by atoms with Crippen molar-refractivity contribution < 1.29 is 10.0 Å². The van der Waals surface area contributed by atoms with E-state index in [1.165, 1.54) is 0 Å². The summed E-state index contributed by atoms with van der Waals surface area (Å²) >= 11 is 0. The lowest BCUT2D eigenvalue weighted by atomic mass is 9.77. The zero-order valence-corrected chi connectivity index (χ0v) is 6.44. The zero-order chi connectivity index (χ0) is 8.97. The number of hydrogen-bond acceptors (Lipinski definition) is 3. The normalized spacial score (nSPS) is 15.8. The molecule has 1 aliphatic rings. The van der Waals surface area contributed by atoms with Gasteiger partial charge in [-0.05, 0) is 24.0 Å².